The molecule has 116 valence electrons. The molecule has 0 aliphatic heterocycles. The van der Waals surface area contributed by atoms with E-state index in [1.54, 1.807) is 0 Å². The third-order valence-electron chi connectivity index (χ3n) is 4.79. The van der Waals surface area contributed by atoms with Crippen LogP contribution in [0.3, 0.4) is 0 Å². The van der Waals surface area contributed by atoms with Gasteiger partial charge in [-0.15, -0.1) is 0 Å². The third-order valence-corrected chi connectivity index (χ3v) is 4.79. The van der Waals surface area contributed by atoms with Crippen LogP contribution in [0, 0.1) is 11.8 Å². The summed E-state index contributed by atoms with van der Waals surface area (Å²) >= 11 is 0. The maximum Gasteiger partial charge on any atom is 0.311 e. The largest absolute Gasteiger partial charge is 0.469 e. The minimum Gasteiger partial charge on any atom is -0.469 e. The summed E-state index contributed by atoms with van der Waals surface area (Å²) in [5, 5.41) is 11.4. The lowest BCUT2D eigenvalue weighted by Crippen LogP contribution is -2.51. The van der Waals surface area contributed by atoms with E-state index in [1.807, 2.05) is 32.0 Å². The van der Waals surface area contributed by atoms with Gasteiger partial charge in [0.2, 0.25) is 0 Å². The molecule has 1 saturated carbocycles. The van der Waals surface area contributed by atoms with Gasteiger partial charge in [-0.1, -0.05) is 57.0 Å². The Kier molecular flexibility index (Phi) is 5.04. The molecule has 1 aromatic rings. The number of esters is 1. The van der Waals surface area contributed by atoms with Crippen LogP contribution in [-0.2, 0) is 9.53 Å². The molecule has 1 fully saturated rings. The van der Waals surface area contributed by atoms with Crippen LogP contribution in [0.25, 0.3) is 0 Å². The Morgan fingerprint density at radius 1 is 1.29 bits per heavy atom. The van der Waals surface area contributed by atoms with Gasteiger partial charge in [0, 0.05) is 5.92 Å². The van der Waals surface area contributed by atoms with Crippen LogP contribution < -0.4 is 0 Å². The first-order valence-corrected chi connectivity index (χ1v) is 7.86. The molecule has 1 N–H and O–H groups in total. The topological polar surface area (TPSA) is 46.5 Å². The molecule has 0 bridgehead atoms. The van der Waals surface area contributed by atoms with Gasteiger partial charge in [-0.2, -0.15) is 0 Å². The van der Waals surface area contributed by atoms with Crippen molar-refractivity contribution in [3.05, 3.63) is 35.9 Å². The fourth-order valence-corrected chi connectivity index (χ4v) is 3.87. The summed E-state index contributed by atoms with van der Waals surface area (Å²) in [5.41, 5.74) is 0.107. The van der Waals surface area contributed by atoms with E-state index in [2.05, 4.69) is 12.1 Å². The summed E-state index contributed by atoms with van der Waals surface area (Å²) in [4.78, 5) is 12.3. The molecule has 0 spiro atoms. The first kappa shape index (κ1) is 16.0. The first-order chi connectivity index (χ1) is 10.0. The van der Waals surface area contributed by atoms with E-state index in [-0.39, 0.29) is 17.8 Å². The number of carbonyl (C=O) groups is 1. The van der Waals surface area contributed by atoms with Crippen LogP contribution in [0.1, 0.15) is 51.0 Å². The summed E-state index contributed by atoms with van der Waals surface area (Å²) in [6, 6.07) is 10.1. The molecular formula is C18H26O3. The summed E-state index contributed by atoms with van der Waals surface area (Å²) in [6.07, 6.45) is 3.62. The summed E-state index contributed by atoms with van der Waals surface area (Å²) in [6.45, 7) is 3.96. The zero-order chi connectivity index (χ0) is 15.5. The number of carbonyl (C=O) groups excluding carboxylic acids is 1. The van der Waals surface area contributed by atoms with Crippen LogP contribution in [0.15, 0.2) is 30.3 Å². The highest BCUT2D eigenvalue weighted by atomic mass is 16.5. The molecule has 0 heterocycles. The van der Waals surface area contributed by atoms with Crippen LogP contribution in [-0.4, -0.2) is 23.8 Å². The van der Waals surface area contributed by atoms with E-state index in [0.29, 0.717) is 6.42 Å². The first-order valence-electron chi connectivity index (χ1n) is 7.86. The molecule has 1 aliphatic carbocycles. The molecule has 0 radical (unpaired) electrons. The number of rotatable bonds is 4. The van der Waals surface area contributed by atoms with E-state index < -0.39 is 11.5 Å². The zero-order valence-electron chi connectivity index (χ0n) is 13.2. The number of methoxy groups -OCH3 is 1. The second-order valence-corrected chi connectivity index (χ2v) is 6.45. The molecule has 3 atom stereocenters. The van der Waals surface area contributed by atoms with Gasteiger partial charge in [0.1, 0.15) is 0 Å². The Hall–Kier alpha value is -1.35. The lowest BCUT2D eigenvalue weighted by molar-refractivity contribution is -0.165. The highest BCUT2D eigenvalue weighted by Crippen LogP contribution is 2.47. The van der Waals surface area contributed by atoms with Gasteiger partial charge in [-0.25, -0.2) is 0 Å². The van der Waals surface area contributed by atoms with Crippen LogP contribution in [0.5, 0.6) is 0 Å². The van der Waals surface area contributed by atoms with Gasteiger partial charge in [-0.3, -0.25) is 4.79 Å². The van der Waals surface area contributed by atoms with Crippen molar-refractivity contribution in [2.75, 3.05) is 7.11 Å². The van der Waals surface area contributed by atoms with Crippen LogP contribution in [0.2, 0.25) is 0 Å². The summed E-state index contributed by atoms with van der Waals surface area (Å²) < 4.78 is 4.98. The number of benzene rings is 1. The molecule has 2 rings (SSSR count). The maximum absolute atomic E-state index is 12.3. The van der Waals surface area contributed by atoms with E-state index in [4.69, 9.17) is 4.74 Å². The average Bonchev–Trinajstić information content (AvgIpc) is 2.48. The lowest BCUT2D eigenvalue weighted by atomic mass is 9.63. The monoisotopic (exact) mass is 290 g/mol. The van der Waals surface area contributed by atoms with Crippen LogP contribution >= 0.6 is 0 Å². The Morgan fingerprint density at radius 3 is 2.52 bits per heavy atom. The fraction of sp³-hybridized carbons (Fsp3) is 0.611. The van der Waals surface area contributed by atoms with Gasteiger partial charge in [0.05, 0.1) is 18.6 Å². The third kappa shape index (κ3) is 3.13. The molecule has 0 saturated heterocycles. The minimum atomic E-state index is -1.01. The molecule has 3 nitrogen and oxygen atoms in total. The standard InChI is InChI=1S/C18H26O3/c1-13(2)16(17(19)21-3)18(20)12-8-7-11-15(18)14-9-5-4-6-10-14/h4-6,9-10,13,15-16,20H,7-8,11-12H2,1-3H3. The predicted octanol–water partition coefficient (Wildman–Crippen LogP) is 3.52. The zero-order valence-corrected chi connectivity index (χ0v) is 13.2. The van der Waals surface area contributed by atoms with Gasteiger partial charge in [-0.05, 0) is 24.3 Å². The van der Waals surface area contributed by atoms with Gasteiger partial charge >= 0.3 is 5.97 Å². The highest BCUT2D eigenvalue weighted by Gasteiger charge is 2.50. The Morgan fingerprint density at radius 2 is 1.95 bits per heavy atom. The molecule has 0 aromatic heterocycles. The van der Waals surface area contributed by atoms with E-state index in [0.717, 1.165) is 24.8 Å². The van der Waals surface area contributed by atoms with Gasteiger partial charge in [0.15, 0.2) is 0 Å². The normalized spacial score (nSPS) is 27.4. The number of hydrogen-bond donors (Lipinski definition) is 1. The highest BCUT2D eigenvalue weighted by molar-refractivity contribution is 5.74. The molecule has 21 heavy (non-hydrogen) atoms. The molecule has 1 aromatic carbocycles. The number of hydrogen-bond acceptors (Lipinski definition) is 3. The van der Waals surface area contributed by atoms with Crippen molar-refractivity contribution in [1.29, 1.82) is 0 Å². The van der Waals surface area contributed by atoms with Gasteiger partial charge in [0.25, 0.3) is 0 Å². The van der Waals surface area contributed by atoms with Crippen molar-refractivity contribution < 1.29 is 14.6 Å². The molecule has 0 amide bonds. The van der Waals surface area contributed by atoms with E-state index in [9.17, 15) is 9.90 Å². The smallest absolute Gasteiger partial charge is 0.311 e. The van der Waals surface area contributed by atoms with Crippen molar-refractivity contribution in [2.24, 2.45) is 11.8 Å². The quantitative estimate of drug-likeness (QED) is 0.863. The maximum atomic E-state index is 12.3. The SMILES string of the molecule is COC(=O)C(C(C)C)C1(O)CCCCC1c1ccccc1. The van der Waals surface area contributed by atoms with E-state index in [1.165, 1.54) is 7.11 Å². The number of aliphatic hydroxyl groups is 1. The van der Waals surface area contributed by atoms with E-state index >= 15 is 0 Å². The van der Waals surface area contributed by atoms with Crippen molar-refractivity contribution in [3.63, 3.8) is 0 Å². The fourth-order valence-electron chi connectivity index (χ4n) is 3.87. The average molecular weight is 290 g/mol. The Bertz CT molecular complexity index is 469. The molecule has 3 heteroatoms. The van der Waals surface area contributed by atoms with Crippen LogP contribution in [0.4, 0.5) is 0 Å². The molecular weight excluding hydrogens is 264 g/mol. The van der Waals surface area contributed by atoms with Crippen molar-refractivity contribution in [3.8, 4) is 0 Å². The minimum absolute atomic E-state index is 0.000972. The van der Waals surface area contributed by atoms with Crippen molar-refractivity contribution in [1.82, 2.24) is 0 Å². The Labute approximate surface area is 127 Å². The van der Waals surface area contributed by atoms with Crippen molar-refractivity contribution in [2.45, 2.75) is 51.0 Å². The predicted molar refractivity (Wildman–Crippen MR) is 82.9 cm³/mol. The summed E-state index contributed by atoms with van der Waals surface area (Å²) in [7, 11) is 1.40. The van der Waals surface area contributed by atoms with Crippen molar-refractivity contribution >= 4 is 5.97 Å². The molecule has 3 unspecified atom stereocenters. The second kappa shape index (κ2) is 6.61. The molecule has 1 aliphatic rings. The summed E-state index contributed by atoms with van der Waals surface area (Å²) in [5.74, 6) is -0.728. The Balaban J connectivity index is 2.41. The van der Waals surface area contributed by atoms with Gasteiger partial charge < -0.3 is 9.84 Å². The number of ether oxygens (including phenoxy) is 1. The lowest BCUT2D eigenvalue weighted by Gasteiger charge is -2.45. The second-order valence-electron chi connectivity index (χ2n) is 6.45.